The zero-order valence-electron chi connectivity index (χ0n) is 19.1. The van der Waals surface area contributed by atoms with Crippen LogP contribution < -0.4 is 0 Å². The number of benzene rings is 1. The Kier molecular flexibility index (Phi) is 5.26. The van der Waals surface area contributed by atoms with E-state index < -0.39 is 11.6 Å². The van der Waals surface area contributed by atoms with E-state index in [0.717, 1.165) is 24.5 Å². The molecular weight excluding hydrogens is 450 g/mol. The van der Waals surface area contributed by atoms with E-state index in [1.165, 1.54) is 12.1 Å². The summed E-state index contributed by atoms with van der Waals surface area (Å²) in [5.41, 5.74) is 2.75. The van der Waals surface area contributed by atoms with E-state index in [1.54, 1.807) is 13.0 Å². The summed E-state index contributed by atoms with van der Waals surface area (Å²) < 4.78 is 36.5. The van der Waals surface area contributed by atoms with Crippen molar-refractivity contribution in [3.05, 3.63) is 70.9 Å². The first-order chi connectivity index (χ1) is 17.0. The minimum Gasteiger partial charge on any atom is -0.373 e. The van der Waals surface area contributed by atoms with E-state index in [2.05, 4.69) is 22.3 Å². The van der Waals surface area contributed by atoms with Crippen LogP contribution in [0.5, 0.6) is 0 Å². The van der Waals surface area contributed by atoms with E-state index in [1.807, 2.05) is 10.9 Å². The molecule has 4 heterocycles. The number of nitrogens with zero attached hydrogens (tertiary/aromatic N) is 6. The monoisotopic (exact) mass is 472 g/mol. The Hall–Kier alpha value is -3.77. The molecule has 7 nitrogen and oxygen atoms in total. The van der Waals surface area contributed by atoms with Gasteiger partial charge in [0, 0.05) is 41.3 Å². The lowest BCUT2D eigenvalue weighted by Gasteiger charge is -2.28. The fraction of sp³-hybridized carbons (Fsp3) is 0.346. The Bertz CT molecular complexity index is 1490. The Morgan fingerprint density at radius 1 is 1.11 bits per heavy atom. The molecule has 0 bridgehead atoms. The number of hydrogen-bond donors (Lipinski definition) is 0. The van der Waals surface area contributed by atoms with Crippen LogP contribution in [-0.4, -0.2) is 31.3 Å². The van der Waals surface area contributed by atoms with E-state index in [9.17, 15) is 14.0 Å². The number of ether oxygens (including phenoxy) is 1. The van der Waals surface area contributed by atoms with Crippen molar-refractivity contribution in [2.45, 2.75) is 50.7 Å². The van der Waals surface area contributed by atoms with Gasteiger partial charge in [0.2, 0.25) is 0 Å². The number of nitriles is 1. The molecule has 176 valence electrons. The van der Waals surface area contributed by atoms with E-state index in [-0.39, 0.29) is 17.6 Å². The van der Waals surface area contributed by atoms with Crippen LogP contribution in [0.2, 0.25) is 0 Å². The van der Waals surface area contributed by atoms with Gasteiger partial charge in [-0.3, -0.25) is 4.68 Å². The van der Waals surface area contributed by atoms with Crippen LogP contribution in [0, 0.1) is 29.9 Å². The highest BCUT2D eigenvalue weighted by atomic mass is 19.1. The quantitative estimate of drug-likeness (QED) is 0.400. The second-order valence-electron chi connectivity index (χ2n) is 9.22. The molecule has 9 heteroatoms. The van der Waals surface area contributed by atoms with E-state index >= 15 is 0 Å². The van der Waals surface area contributed by atoms with Gasteiger partial charge in [-0.05, 0) is 50.8 Å². The van der Waals surface area contributed by atoms with Crippen LogP contribution in [0.4, 0.5) is 8.78 Å². The van der Waals surface area contributed by atoms with Gasteiger partial charge in [-0.2, -0.15) is 10.4 Å². The molecule has 1 saturated carbocycles. The third-order valence-corrected chi connectivity index (χ3v) is 6.76. The first-order valence-corrected chi connectivity index (χ1v) is 11.7. The summed E-state index contributed by atoms with van der Waals surface area (Å²) in [4.78, 5) is 14.0. The van der Waals surface area contributed by atoms with Gasteiger partial charge in [-0.25, -0.2) is 23.7 Å². The van der Waals surface area contributed by atoms with Crippen LogP contribution in [0.3, 0.4) is 0 Å². The van der Waals surface area contributed by atoms with Gasteiger partial charge in [0.15, 0.2) is 5.65 Å². The second-order valence-corrected chi connectivity index (χ2v) is 9.22. The van der Waals surface area contributed by atoms with E-state index in [0.29, 0.717) is 59.3 Å². The van der Waals surface area contributed by atoms with Crippen LogP contribution >= 0.6 is 0 Å². The van der Waals surface area contributed by atoms with Crippen LogP contribution in [-0.2, 0) is 4.74 Å². The number of pyridine rings is 1. The number of rotatable bonds is 4. The predicted octanol–water partition coefficient (Wildman–Crippen LogP) is 5.32. The number of aromatic nitrogens is 5. The summed E-state index contributed by atoms with van der Waals surface area (Å²) in [5.74, 6) is -0.902. The first-order valence-electron chi connectivity index (χ1n) is 11.7. The molecular formula is C26H22F2N6O. The highest BCUT2D eigenvalue weighted by Crippen LogP contribution is 2.40. The molecule has 0 N–H and O–H groups in total. The number of aryl methyl sites for hydroxylation is 1. The van der Waals surface area contributed by atoms with Gasteiger partial charge in [0.05, 0.1) is 35.3 Å². The number of fused-ring (bicyclic) bond motifs is 1. The fourth-order valence-electron chi connectivity index (χ4n) is 4.66. The molecule has 3 aromatic heterocycles. The largest absolute Gasteiger partial charge is 0.373 e. The smallest absolute Gasteiger partial charge is 0.163 e. The third kappa shape index (κ3) is 4.04. The Morgan fingerprint density at radius 2 is 1.97 bits per heavy atom. The molecule has 2 aliphatic rings. The molecule has 0 amide bonds. The summed E-state index contributed by atoms with van der Waals surface area (Å²) in [6.45, 7) is 2.27. The molecule has 4 aromatic rings. The molecule has 35 heavy (non-hydrogen) atoms. The summed E-state index contributed by atoms with van der Waals surface area (Å²) >= 11 is 0. The number of halogens is 2. The summed E-state index contributed by atoms with van der Waals surface area (Å²) in [6.07, 6.45) is 7.45. The van der Waals surface area contributed by atoms with Crippen molar-refractivity contribution < 1.29 is 13.5 Å². The normalized spacial score (nSPS) is 20.2. The molecule has 1 aromatic carbocycles. The molecule has 0 spiro atoms. The zero-order valence-corrected chi connectivity index (χ0v) is 19.1. The molecule has 0 unspecified atom stereocenters. The second kappa shape index (κ2) is 8.47. The Morgan fingerprint density at radius 3 is 2.74 bits per heavy atom. The van der Waals surface area contributed by atoms with Crippen LogP contribution in [0.25, 0.3) is 22.3 Å². The molecule has 1 saturated heterocycles. The molecule has 1 aliphatic carbocycles. The molecule has 2 atom stereocenters. The fourth-order valence-corrected chi connectivity index (χ4v) is 4.66. The molecule has 2 fully saturated rings. The van der Waals surface area contributed by atoms with Crippen molar-refractivity contribution in [3.63, 3.8) is 0 Å². The van der Waals surface area contributed by atoms with Crippen molar-refractivity contribution >= 4 is 11.0 Å². The van der Waals surface area contributed by atoms with Gasteiger partial charge in [0.1, 0.15) is 23.5 Å². The highest BCUT2D eigenvalue weighted by molar-refractivity contribution is 5.91. The zero-order chi connectivity index (χ0) is 24.1. The SMILES string of the molecule is Cc1nc2nc([C@H]3CCO[C@@H](c4cnn(C5CC5)c4)C3)nc(-c3ccc(F)cc3F)c2cc1C#N. The highest BCUT2D eigenvalue weighted by Gasteiger charge is 2.31. The maximum Gasteiger partial charge on any atom is 0.163 e. The van der Waals surface area contributed by atoms with Crippen molar-refractivity contribution in [1.29, 1.82) is 5.26 Å². The topological polar surface area (TPSA) is 89.5 Å². The van der Waals surface area contributed by atoms with Crippen molar-refractivity contribution in [3.8, 4) is 17.3 Å². The predicted molar refractivity (Wildman–Crippen MR) is 123 cm³/mol. The van der Waals surface area contributed by atoms with E-state index in [4.69, 9.17) is 14.7 Å². The maximum atomic E-state index is 14.8. The Labute approximate surface area is 200 Å². The molecule has 6 rings (SSSR count). The van der Waals surface area contributed by atoms with Gasteiger partial charge < -0.3 is 4.74 Å². The lowest BCUT2D eigenvalue weighted by atomic mass is 9.92. The lowest BCUT2D eigenvalue weighted by molar-refractivity contribution is 0.00396. The maximum absolute atomic E-state index is 14.8. The van der Waals surface area contributed by atoms with Gasteiger partial charge in [0.25, 0.3) is 0 Å². The first kappa shape index (κ1) is 21.7. The van der Waals surface area contributed by atoms with Crippen molar-refractivity contribution in [2.75, 3.05) is 6.61 Å². The summed E-state index contributed by atoms with van der Waals surface area (Å²) in [6, 6.07) is 7.62. The van der Waals surface area contributed by atoms with Gasteiger partial charge in [-0.15, -0.1) is 0 Å². The minimum absolute atomic E-state index is 0.0394. The van der Waals surface area contributed by atoms with Gasteiger partial charge in [-0.1, -0.05) is 0 Å². The average molecular weight is 472 g/mol. The number of hydrogen-bond acceptors (Lipinski definition) is 6. The van der Waals surface area contributed by atoms with Crippen LogP contribution in [0.1, 0.15) is 66.4 Å². The molecule has 1 aliphatic heterocycles. The van der Waals surface area contributed by atoms with Crippen molar-refractivity contribution in [1.82, 2.24) is 24.7 Å². The minimum atomic E-state index is -0.729. The average Bonchev–Trinajstić information content (AvgIpc) is 3.59. The Balaban J connectivity index is 1.43. The van der Waals surface area contributed by atoms with Crippen LogP contribution in [0.15, 0.2) is 36.7 Å². The van der Waals surface area contributed by atoms with Crippen molar-refractivity contribution in [2.24, 2.45) is 0 Å². The lowest BCUT2D eigenvalue weighted by Crippen LogP contribution is -2.20. The molecule has 0 radical (unpaired) electrons. The van der Waals surface area contributed by atoms with Gasteiger partial charge >= 0.3 is 0 Å². The summed E-state index contributed by atoms with van der Waals surface area (Å²) in [5, 5.41) is 14.4. The summed E-state index contributed by atoms with van der Waals surface area (Å²) in [7, 11) is 0. The third-order valence-electron chi connectivity index (χ3n) is 6.76. The standard InChI is InChI=1S/C26H22F2N6O/c1-14-16(11-29)8-21-24(20-5-2-18(27)10-22(20)28)32-25(33-26(21)31-14)15-6-7-35-23(9-15)17-12-30-34(13-17)19-3-4-19/h2,5,8,10,12-13,15,19,23H,3-4,6-7,9H2,1H3/t15-,23+/m0/s1.